The first-order valence-electron chi connectivity index (χ1n) is 10.9. The minimum Gasteiger partial charge on any atom is -0.348 e. The third-order valence-electron chi connectivity index (χ3n) is 6.50. The second-order valence-electron chi connectivity index (χ2n) is 8.56. The van der Waals surface area contributed by atoms with Crippen LogP contribution in [-0.4, -0.2) is 50.1 Å². The van der Waals surface area contributed by atoms with Gasteiger partial charge in [0.2, 0.25) is 5.91 Å². The Morgan fingerprint density at radius 2 is 2.00 bits per heavy atom. The molecule has 0 saturated carbocycles. The number of benzene rings is 1. The van der Waals surface area contributed by atoms with Gasteiger partial charge >= 0.3 is 0 Å². The van der Waals surface area contributed by atoms with E-state index in [4.69, 9.17) is 0 Å². The van der Waals surface area contributed by atoms with Crippen molar-refractivity contribution < 1.29 is 14.0 Å². The van der Waals surface area contributed by atoms with Gasteiger partial charge in [-0.25, -0.2) is 14.1 Å². The van der Waals surface area contributed by atoms with E-state index < -0.39 is 5.54 Å². The van der Waals surface area contributed by atoms with E-state index in [9.17, 15) is 14.0 Å². The minimum atomic E-state index is -0.552. The molecule has 0 aliphatic carbocycles. The number of rotatable bonds is 3. The van der Waals surface area contributed by atoms with Gasteiger partial charge in [-0.3, -0.25) is 9.59 Å². The molecular formula is C24H24FN5O2. The summed E-state index contributed by atoms with van der Waals surface area (Å²) >= 11 is 0. The maximum Gasteiger partial charge on any atom is 0.255 e. The number of carbonyl (C=O) groups is 2. The Labute approximate surface area is 185 Å². The molecule has 0 bridgehead atoms. The topological polar surface area (TPSA) is 80.1 Å². The van der Waals surface area contributed by atoms with E-state index in [1.54, 1.807) is 58.5 Å². The fraction of sp³-hybridized carbons (Fsp3) is 0.333. The number of nitrogens with zero attached hydrogens (tertiary/aromatic N) is 4. The Morgan fingerprint density at radius 3 is 2.72 bits per heavy atom. The van der Waals surface area contributed by atoms with Crippen molar-refractivity contribution in [1.82, 2.24) is 25.0 Å². The standard InChI is InChI=1S/C24H24FN5O2/c25-19-8-5-17(6-9-19)20-15-29(16-24(20)11-2-1-4-22(31)28-24)23(32)18-7-10-21(26-14-18)30-13-3-12-27-30/h3,5-10,12-14,20H,1-2,4,11,15-16H2,(H,28,31)/t20-,24+/m0/s1. The molecule has 2 amide bonds. The highest BCUT2D eigenvalue weighted by molar-refractivity contribution is 5.94. The van der Waals surface area contributed by atoms with Gasteiger partial charge in [0.25, 0.3) is 5.91 Å². The van der Waals surface area contributed by atoms with Gasteiger partial charge in [-0.2, -0.15) is 5.10 Å². The van der Waals surface area contributed by atoms with E-state index in [-0.39, 0.29) is 23.5 Å². The highest BCUT2D eigenvalue weighted by atomic mass is 19.1. The van der Waals surface area contributed by atoms with E-state index in [0.29, 0.717) is 30.9 Å². The molecule has 2 aliphatic rings. The quantitative estimate of drug-likeness (QED) is 0.689. The number of likely N-dealkylation sites (tertiary alicyclic amines) is 1. The zero-order valence-corrected chi connectivity index (χ0v) is 17.6. The summed E-state index contributed by atoms with van der Waals surface area (Å²) in [5.74, 6) is 0.0956. The molecule has 4 heterocycles. The Bertz CT molecular complexity index is 1110. The Hall–Kier alpha value is -3.55. The van der Waals surface area contributed by atoms with Crippen molar-refractivity contribution in [3.05, 3.63) is 78.0 Å². The maximum atomic E-state index is 13.5. The van der Waals surface area contributed by atoms with Crippen LogP contribution in [0.3, 0.4) is 0 Å². The van der Waals surface area contributed by atoms with Crippen molar-refractivity contribution >= 4 is 11.8 Å². The molecule has 0 unspecified atom stereocenters. The van der Waals surface area contributed by atoms with E-state index in [1.807, 2.05) is 0 Å². The number of aromatic nitrogens is 3. The van der Waals surface area contributed by atoms with Gasteiger partial charge in [0, 0.05) is 44.0 Å². The van der Waals surface area contributed by atoms with E-state index in [2.05, 4.69) is 15.4 Å². The van der Waals surface area contributed by atoms with Crippen molar-refractivity contribution in [2.45, 2.75) is 37.1 Å². The molecule has 164 valence electrons. The molecule has 7 nitrogen and oxygen atoms in total. The van der Waals surface area contributed by atoms with Gasteiger partial charge < -0.3 is 10.2 Å². The lowest BCUT2D eigenvalue weighted by molar-refractivity contribution is -0.122. The molecule has 3 aromatic rings. The number of hydrogen-bond acceptors (Lipinski definition) is 4. The van der Waals surface area contributed by atoms with Crippen molar-refractivity contribution in [3.63, 3.8) is 0 Å². The van der Waals surface area contributed by atoms with Gasteiger partial charge in [-0.1, -0.05) is 18.6 Å². The Morgan fingerprint density at radius 1 is 1.16 bits per heavy atom. The number of amides is 2. The summed E-state index contributed by atoms with van der Waals surface area (Å²) in [4.78, 5) is 32.0. The molecule has 2 fully saturated rings. The molecule has 1 N–H and O–H groups in total. The molecule has 32 heavy (non-hydrogen) atoms. The van der Waals surface area contributed by atoms with E-state index in [1.165, 1.54) is 12.1 Å². The summed E-state index contributed by atoms with van der Waals surface area (Å²) < 4.78 is 15.2. The molecule has 2 saturated heterocycles. The first-order chi connectivity index (χ1) is 15.5. The fourth-order valence-electron chi connectivity index (χ4n) is 4.93. The van der Waals surface area contributed by atoms with Crippen LogP contribution in [0.5, 0.6) is 0 Å². The van der Waals surface area contributed by atoms with Crippen molar-refractivity contribution in [2.75, 3.05) is 13.1 Å². The zero-order valence-electron chi connectivity index (χ0n) is 17.6. The first kappa shape index (κ1) is 20.4. The van der Waals surface area contributed by atoms with Crippen LogP contribution in [0, 0.1) is 5.82 Å². The molecule has 0 radical (unpaired) electrons. The SMILES string of the molecule is O=C1CCCC[C@]2(CN(C(=O)c3ccc(-n4cccn4)nc3)C[C@H]2c2ccc(F)cc2)N1. The third-order valence-corrected chi connectivity index (χ3v) is 6.50. The second-order valence-corrected chi connectivity index (χ2v) is 8.56. The molecule has 2 atom stereocenters. The molecule has 5 rings (SSSR count). The van der Waals surface area contributed by atoms with Crippen LogP contribution in [-0.2, 0) is 4.79 Å². The normalized spacial score (nSPS) is 23.2. The Balaban J connectivity index is 1.43. The molecular weight excluding hydrogens is 409 g/mol. The van der Waals surface area contributed by atoms with Crippen LogP contribution in [0.1, 0.15) is 47.5 Å². The van der Waals surface area contributed by atoms with E-state index >= 15 is 0 Å². The summed E-state index contributed by atoms with van der Waals surface area (Å²) in [6.07, 6.45) is 8.01. The minimum absolute atomic E-state index is 0.00847. The third kappa shape index (κ3) is 3.77. The van der Waals surface area contributed by atoms with Crippen LogP contribution < -0.4 is 5.32 Å². The average Bonchev–Trinajstić information content (AvgIpc) is 3.42. The number of hydrogen-bond donors (Lipinski definition) is 1. The zero-order chi connectivity index (χ0) is 22.1. The van der Waals surface area contributed by atoms with Crippen molar-refractivity contribution in [1.29, 1.82) is 0 Å². The molecule has 2 aliphatic heterocycles. The second kappa shape index (κ2) is 8.18. The van der Waals surface area contributed by atoms with Gasteiger partial charge in [0.1, 0.15) is 5.82 Å². The van der Waals surface area contributed by atoms with Crippen molar-refractivity contribution in [2.24, 2.45) is 0 Å². The van der Waals surface area contributed by atoms with Crippen molar-refractivity contribution in [3.8, 4) is 5.82 Å². The fourth-order valence-corrected chi connectivity index (χ4v) is 4.93. The van der Waals surface area contributed by atoms with Crippen LogP contribution in [0.2, 0.25) is 0 Å². The largest absolute Gasteiger partial charge is 0.348 e. The highest BCUT2D eigenvalue weighted by Crippen LogP contribution is 2.41. The first-order valence-corrected chi connectivity index (χ1v) is 10.9. The lowest BCUT2D eigenvalue weighted by Crippen LogP contribution is -2.52. The van der Waals surface area contributed by atoms with Crippen LogP contribution in [0.25, 0.3) is 5.82 Å². The summed E-state index contributed by atoms with van der Waals surface area (Å²) in [5, 5.41) is 7.38. The van der Waals surface area contributed by atoms with E-state index in [0.717, 1.165) is 24.8 Å². The molecule has 1 spiro atoms. The molecule has 8 heteroatoms. The predicted octanol–water partition coefficient (Wildman–Crippen LogP) is 3.08. The predicted molar refractivity (Wildman–Crippen MR) is 116 cm³/mol. The number of halogens is 1. The van der Waals surface area contributed by atoms with Crippen LogP contribution in [0.4, 0.5) is 4.39 Å². The summed E-state index contributed by atoms with van der Waals surface area (Å²) in [6, 6.07) is 11.7. The summed E-state index contributed by atoms with van der Waals surface area (Å²) in [6.45, 7) is 0.867. The van der Waals surface area contributed by atoms with Crippen LogP contribution >= 0.6 is 0 Å². The van der Waals surface area contributed by atoms with Gasteiger partial charge in [0.15, 0.2) is 5.82 Å². The smallest absolute Gasteiger partial charge is 0.255 e. The number of nitrogens with one attached hydrogen (secondary N) is 1. The number of carbonyl (C=O) groups excluding carboxylic acids is 2. The lowest BCUT2D eigenvalue weighted by Gasteiger charge is -2.34. The maximum absolute atomic E-state index is 13.5. The monoisotopic (exact) mass is 433 g/mol. The summed E-state index contributed by atoms with van der Waals surface area (Å²) in [7, 11) is 0. The Kier molecular flexibility index (Phi) is 5.20. The van der Waals surface area contributed by atoms with Gasteiger partial charge in [-0.05, 0) is 48.7 Å². The van der Waals surface area contributed by atoms with Gasteiger partial charge in [0.05, 0.1) is 11.1 Å². The average molecular weight is 433 g/mol. The molecule has 1 aromatic carbocycles. The molecule has 2 aromatic heterocycles. The number of pyridine rings is 1. The summed E-state index contributed by atoms with van der Waals surface area (Å²) in [5.41, 5.74) is 0.857. The highest BCUT2D eigenvalue weighted by Gasteiger charge is 2.50. The lowest BCUT2D eigenvalue weighted by atomic mass is 9.79. The van der Waals surface area contributed by atoms with Crippen LogP contribution in [0.15, 0.2) is 61.1 Å². The van der Waals surface area contributed by atoms with Gasteiger partial charge in [-0.15, -0.1) is 0 Å².